The summed E-state index contributed by atoms with van der Waals surface area (Å²) in [4.78, 5) is 17.7. The molecule has 15 heavy (non-hydrogen) atoms. The minimum Gasteiger partial charge on any atom is -0.378 e. The number of thiazole rings is 1. The Hall–Kier alpha value is -0.590. The SMILES string of the molecule is O=C(CSc1nccs1)N1CCOCC1. The molecule has 0 spiro atoms. The van der Waals surface area contributed by atoms with Gasteiger partial charge in [-0.2, -0.15) is 0 Å². The second-order valence-electron chi connectivity index (χ2n) is 3.08. The predicted molar refractivity (Wildman–Crippen MR) is 60.2 cm³/mol. The quantitative estimate of drug-likeness (QED) is 0.747. The molecule has 1 aliphatic rings. The Morgan fingerprint density at radius 1 is 1.60 bits per heavy atom. The Balaban J connectivity index is 1.76. The van der Waals surface area contributed by atoms with Crippen molar-refractivity contribution < 1.29 is 9.53 Å². The van der Waals surface area contributed by atoms with Gasteiger partial charge in [-0.3, -0.25) is 4.79 Å². The van der Waals surface area contributed by atoms with Crippen LogP contribution in [0.1, 0.15) is 0 Å². The number of hydrogen-bond acceptors (Lipinski definition) is 5. The first kappa shape index (κ1) is 10.9. The fourth-order valence-electron chi connectivity index (χ4n) is 1.31. The molecule has 6 heteroatoms. The Morgan fingerprint density at radius 3 is 3.07 bits per heavy atom. The number of amides is 1. The van der Waals surface area contributed by atoms with Crippen LogP contribution in [0.3, 0.4) is 0 Å². The first-order valence-corrected chi connectivity index (χ1v) is 6.60. The summed E-state index contributed by atoms with van der Waals surface area (Å²) in [5, 5.41) is 1.92. The molecule has 1 saturated heterocycles. The van der Waals surface area contributed by atoms with Crippen LogP contribution in [0, 0.1) is 0 Å². The van der Waals surface area contributed by atoms with E-state index in [1.165, 1.54) is 11.8 Å². The Labute approximate surface area is 96.6 Å². The molecule has 1 aromatic rings. The fourth-order valence-corrected chi connectivity index (χ4v) is 2.85. The normalized spacial score (nSPS) is 16.7. The topological polar surface area (TPSA) is 42.4 Å². The zero-order valence-corrected chi connectivity index (χ0v) is 9.85. The molecule has 0 unspecified atom stereocenters. The smallest absolute Gasteiger partial charge is 0.233 e. The van der Waals surface area contributed by atoms with E-state index in [1.54, 1.807) is 17.5 Å². The van der Waals surface area contributed by atoms with Gasteiger partial charge in [-0.05, 0) is 0 Å². The third-order valence-corrected chi connectivity index (χ3v) is 4.04. The molecule has 0 aliphatic carbocycles. The van der Waals surface area contributed by atoms with Crippen molar-refractivity contribution >= 4 is 29.0 Å². The van der Waals surface area contributed by atoms with E-state index in [9.17, 15) is 4.79 Å². The van der Waals surface area contributed by atoms with E-state index >= 15 is 0 Å². The van der Waals surface area contributed by atoms with Gasteiger partial charge in [0.1, 0.15) is 4.34 Å². The number of carbonyl (C=O) groups is 1. The van der Waals surface area contributed by atoms with Crippen molar-refractivity contribution in [3.63, 3.8) is 0 Å². The molecule has 1 amide bonds. The van der Waals surface area contributed by atoms with Crippen molar-refractivity contribution in [1.82, 2.24) is 9.88 Å². The maximum absolute atomic E-state index is 11.7. The van der Waals surface area contributed by atoms with E-state index in [1.807, 2.05) is 10.3 Å². The molecule has 0 bridgehead atoms. The monoisotopic (exact) mass is 244 g/mol. The highest BCUT2D eigenvalue weighted by Gasteiger charge is 2.16. The van der Waals surface area contributed by atoms with E-state index in [0.29, 0.717) is 19.0 Å². The maximum atomic E-state index is 11.7. The Bertz CT molecular complexity index is 310. The van der Waals surface area contributed by atoms with Gasteiger partial charge in [-0.1, -0.05) is 11.8 Å². The molecule has 0 radical (unpaired) electrons. The number of carbonyl (C=O) groups excluding carboxylic acids is 1. The molecule has 82 valence electrons. The maximum Gasteiger partial charge on any atom is 0.233 e. The van der Waals surface area contributed by atoms with Gasteiger partial charge in [0.25, 0.3) is 0 Å². The van der Waals surface area contributed by atoms with Crippen molar-refractivity contribution in [2.45, 2.75) is 4.34 Å². The number of hydrogen-bond donors (Lipinski definition) is 0. The van der Waals surface area contributed by atoms with Gasteiger partial charge in [0.15, 0.2) is 0 Å². The standard InChI is InChI=1S/C9H12N2O2S2/c12-8(11-2-4-13-5-3-11)7-15-9-10-1-6-14-9/h1,6H,2-5,7H2. The van der Waals surface area contributed by atoms with E-state index < -0.39 is 0 Å². The molecular formula is C9H12N2O2S2. The summed E-state index contributed by atoms with van der Waals surface area (Å²) in [6, 6.07) is 0. The average Bonchev–Trinajstić information content (AvgIpc) is 2.80. The van der Waals surface area contributed by atoms with Crippen LogP contribution < -0.4 is 0 Å². The third kappa shape index (κ3) is 3.19. The highest BCUT2D eigenvalue weighted by Crippen LogP contribution is 2.20. The fraction of sp³-hybridized carbons (Fsp3) is 0.556. The van der Waals surface area contributed by atoms with Gasteiger partial charge in [-0.25, -0.2) is 4.98 Å². The summed E-state index contributed by atoms with van der Waals surface area (Å²) in [5.74, 6) is 0.659. The molecule has 1 fully saturated rings. The Morgan fingerprint density at radius 2 is 2.40 bits per heavy atom. The number of thioether (sulfide) groups is 1. The molecule has 2 heterocycles. The molecule has 0 N–H and O–H groups in total. The van der Waals surface area contributed by atoms with Gasteiger partial charge >= 0.3 is 0 Å². The Kier molecular flexibility index (Phi) is 3.99. The average molecular weight is 244 g/mol. The summed E-state index contributed by atoms with van der Waals surface area (Å²) >= 11 is 3.07. The lowest BCUT2D eigenvalue weighted by Crippen LogP contribution is -2.41. The first-order chi connectivity index (χ1) is 7.36. The van der Waals surface area contributed by atoms with Crippen LogP contribution in [0.5, 0.6) is 0 Å². The van der Waals surface area contributed by atoms with E-state index in [4.69, 9.17) is 4.74 Å². The summed E-state index contributed by atoms with van der Waals surface area (Å²) in [7, 11) is 0. The van der Waals surface area contributed by atoms with E-state index in [0.717, 1.165) is 17.4 Å². The summed E-state index contributed by atoms with van der Waals surface area (Å²) in [5.41, 5.74) is 0. The van der Waals surface area contributed by atoms with Crippen molar-refractivity contribution in [3.8, 4) is 0 Å². The number of nitrogens with zero attached hydrogens (tertiary/aromatic N) is 2. The van der Waals surface area contributed by atoms with Crippen LogP contribution in [-0.2, 0) is 9.53 Å². The van der Waals surface area contributed by atoms with Crippen LogP contribution in [0.4, 0.5) is 0 Å². The van der Waals surface area contributed by atoms with Crippen molar-refractivity contribution in [2.75, 3.05) is 32.1 Å². The van der Waals surface area contributed by atoms with Crippen LogP contribution >= 0.6 is 23.1 Å². The highest BCUT2D eigenvalue weighted by atomic mass is 32.2. The lowest BCUT2D eigenvalue weighted by atomic mass is 10.4. The third-order valence-electron chi connectivity index (χ3n) is 2.09. The van der Waals surface area contributed by atoms with Gasteiger partial charge in [0.2, 0.25) is 5.91 Å². The van der Waals surface area contributed by atoms with Crippen LogP contribution in [0.25, 0.3) is 0 Å². The highest BCUT2D eigenvalue weighted by molar-refractivity contribution is 8.01. The zero-order valence-electron chi connectivity index (χ0n) is 8.22. The molecule has 0 saturated carbocycles. The molecule has 1 aliphatic heterocycles. The first-order valence-electron chi connectivity index (χ1n) is 4.74. The molecule has 2 rings (SSSR count). The molecule has 0 aromatic carbocycles. The lowest BCUT2D eigenvalue weighted by molar-refractivity contribution is -0.132. The summed E-state index contributed by atoms with van der Waals surface area (Å²) in [6.07, 6.45) is 1.76. The summed E-state index contributed by atoms with van der Waals surface area (Å²) in [6.45, 7) is 2.76. The van der Waals surface area contributed by atoms with Gasteiger partial charge in [0, 0.05) is 24.7 Å². The minimum atomic E-state index is 0.179. The van der Waals surface area contributed by atoms with E-state index in [2.05, 4.69) is 4.98 Å². The molecule has 1 aromatic heterocycles. The van der Waals surface area contributed by atoms with Gasteiger partial charge < -0.3 is 9.64 Å². The molecular weight excluding hydrogens is 232 g/mol. The van der Waals surface area contributed by atoms with Crippen molar-refractivity contribution in [1.29, 1.82) is 0 Å². The number of morpholine rings is 1. The molecule has 0 atom stereocenters. The zero-order chi connectivity index (χ0) is 10.5. The number of ether oxygens (including phenoxy) is 1. The number of aromatic nitrogens is 1. The van der Waals surface area contributed by atoms with E-state index in [-0.39, 0.29) is 5.91 Å². The minimum absolute atomic E-state index is 0.179. The summed E-state index contributed by atoms with van der Waals surface area (Å²) < 4.78 is 6.14. The van der Waals surface area contributed by atoms with Gasteiger partial charge in [0.05, 0.1) is 19.0 Å². The van der Waals surface area contributed by atoms with Crippen LogP contribution in [-0.4, -0.2) is 47.8 Å². The number of rotatable bonds is 3. The second kappa shape index (κ2) is 5.48. The second-order valence-corrected chi connectivity index (χ2v) is 5.20. The van der Waals surface area contributed by atoms with Gasteiger partial charge in [-0.15, -0.1) is 11.3 Å². The van der Waals surface area contributed by atoms with Crippen molar-refractivity contribution in [2.24, 2.45) is 0 Å². The van der Waals surface area contributed by atoms with Crippen molar-refractivity contribution in [3.05, 3.63) is 11.6 Å². The largest absolute Gasteiger partial charge is 0.378 e. The van der Waals surface area contributed by atoms with Crippen LogP contribution in [0.15, 0.2) is 15.9 Å². The molecule has 4 nitrogen and oxygen atoms in total. The predicted octanol–water partition coefficient (Wildman–Crippen LogP) is 1.09. The van der Waals surface area contributed by atoms with Crippen LogP contribution in [0.2, 0.25) is 0 Å². The lowest BCUT2D eigenvalue weighted by Gasteiger charge is -2.26.